The van der Waals surface area contributed by atoms with Crippen LogP contribution in [0.1, 0.15) is 45.6 Å². The third-order valence-corrected chi connectivity index (χ3v) is 5.01. The van der Waals surface area contributed by atoms with Crippen LogP contribution in [0.2, 0.25) is 0 Å². The van der Waals surface area contributed by atoms with Crippen molar-refractivity contribution in [1.29, 1.82) is 0 Å². The number of fused-ring (bicyclic) bond motifs is 3. The first-order valence-corrected chi connectivity index (χ1v) is 7.80. The molecule has 0 aromatic carbocycles. The molecule has 3 unspecified atom stereocenters. The molecule has 0 aliphatic heterocycles. The topological polar surface area (TPSA) is 42.7 Å². The molecule has 1 N–H and O–H groups in total. The highest BCUT2D eigenvalue weighted by Crippen LogP contribution is 2.45. The molecule has 0 amide bonds. The van der Waals surface area contributed by atoms with Crippen LogP contribution < -0.4 is 5.32 Å². The van der Waals surface area contributed by atoms with Crippen LogP contribution in [0.4, 0.5) is 5.69 Å². The lowest BCUT2D eigenvalue weighted by Gasteiger charge is -2.23. The predicted octanol–water partition coefficient (Wildman–Crippen LogP) is 3.61. The van der Waals surface area contributed by atoms with Crippen LogP contribution >= 0.6 is 0 Å². The normalized spacial score (nSPS) is 28.6. The van der Waals surface area contributed by atoms with E-state index >= 15 is 0 Å². The molecular weight excluding hydrogens is 248 g/mol. The Labute approximate surface area is 119 Å². The van der Waals surface area contributed by atoms with E-state index in [0.29, 0.717) is 12.1 Å². The van der Waals surface area contributed by atoms with Crippen LogP contribution in [-0.4, -0.2) is 20.8 Å². The van der Waals surface area contributed by atoms with E-state index < -0.39 is 0 Å². The molecule has 4 nitrogen and oxygen atoms in total. The van der Waals surface area contributed by atoms with Gasteiger partial charge in [-0.15, -0.1) is 0 Å². The molecule has 4 rings (SSSR count). The van der Waals surface area contributed by atoms with Gasteiger partial charge >= 0.3 is 0 Å². The van der Waals surface area contributed by atoms with Gasteiger partial charge in [0.2, 0.25) is 0 Å². The monoisotopic (exact) mass is 270 g/mol. The van der Waals surface area contributed by atoms with E-state index in [0.717, 1.165) is 28.6 Å². The standard InChI is InChI=1S/C16H22N4/c1-10(2)20-16-13(8-18-20)7-14(9-17-16)19-15-6-11-3-4-12(15)5-11/h7-12,15,19H,3-6H2,1-2H3. The maximum absolute atomic E-state index is 4.60. The third-order valence-electron chi connectivity index (χ3n) is 5.01. The molecule has 0 radical (unpaired) electrons. The van der Waals surface area contributed by atoms with Crippen LogP contribution in [0.15, 0.2) is 18.5 Å². The van der Waals surface area contributed by atoms with Gasteiger partial charge in [0.1, 0.15) is 0 Å². The van der Waals surface area contributed by atoms with E-state index in [1.54, 1.807) is 0 Å². The lowest BCUT2D eigenvalue weighted by molar-refractivity contribution is 0.440. The Morgan fingerprint density at radius 1 is 1.25 bits per heavy atom. The molecule has 0 spiro atoms. The maximum atomic E-state index is 4.60. The molecule has 2 heterocycles. The van der Waals surface area contributed by atoms with Gasteiger partial charge in [0.15, 0.2) is 5.65 Å². The highest BCUT2D eigenvalue weighted by molar-refractivity contribution is 5.78. The van der Waals surface area contributed by atoms with Crippen molar-refractivity contribution in [3.8, 4) is 0 Å². The number of aromatic nitrogens is 3. The van der Waals surface area contributed by atoms with Gasteiger partial charge in [0.05, 0.1) is 18.1 Å². The quantitative estimate of drug-likeness (QED) is 0.926. The fraction of sp³-hybridized carbons (Fsp3) is 0.625. The fourth-order valence-electron chi connectivity index (χ4n) is 4.03. The van der Waals surface area contributed by atoms with Crippen LogP contribution in [-0.2, 0) is 0 Å². The van der Waals surface area contributed by atoms with E-state index in [2.05, 4.69) is 35.3 Å². The molecule has 2 aliphatic rings. The van der Waals surface area contributed by atoms with Crippen LogP contribution in [0.3, 0.4) is 0 Å². The highest BCUT2D eigenvalue weighted by atomic mass is 15.3. The summed E-state index contributed by atoms with van der Waals surface area (Å²) in [5.41, 5.74) is 2.14. The number of nitrogens with zero attached hydrogens (tertiary/aromatic N) is 3. The van der Waals surface area contributed by atoms with E-state index in [9.17, 15) is 0 Å². The first kappa shape index (κ1) is 12.2. The van der Waals surface area contributed by atoms with Crippen molar-refractivity contribution in [1.82, 2.24) is 14.8 Å². The van der Waals surface area contributed by atoms with E-state index in [1.807, 2.05) is 17.1 Å². The van der Waals surface area contributed by atoms with Gasteiger partial charge in [-0.05, 0) is 51.0 Å². The van der Waals surface area contributed by atoms with Crippen LogP contribution in [0.5, 0.6) is 0 Å². The molecule has 2 aromatic heterocycles. The van der Waals surface area contributed by atoms with Gasteiger partial charge in [0.25, 0.3) is 0 Å². The van der Waals surface area contributed by atoms with Crippen molar-refractivity contribution in [3.05, 3.63) is 18.5 Å². The molecule has 106 valence electrons. The van der Waals surface area contributed by atoms with Crippen molar-refractivity contribution in [2.24, 2.45) is 11.8 Å². The van der Waals surface area contributed by atoms with Crippen LogP contribution in [0.25, 0.3) is 11.0 Å². The van der Waals surface area contributed by atoms with Gasteiger partial charge < -0.3 is 5.32 Å². The summed E-state index contributed by atoms with van der Waals surface area (Å²) in [6, 6.07) is 3.21. The van der Waals surface area contributed by atoms with Gasteiger partial charge in [0, 0.05) is 17.5 Å². The number of hydrogen-bond acceptors (Lipinski definition) is 3. The first-order valence-electron chi connectivity index (χ1n) is 7.80. The minimum Gasteiger partial charge on any atom is -0.381 e. The maximum Gasteiger partial charge on any atom is 0.158 e. The minimum absolute atomic E-state index is 0.351. The number of rotatable bonds is 3. The van der Waals surface area contributed by atoms with E-state index in [-0.39, 0.29) is 0 Å². The second kappa shape index (κ2) is 4.47. The zero-order chi connectivity index (χ0) is 13.7. The Morgan fingerprint density at radius 2 is 2.15 bits per heavy atom. The van der Waals surface area contributed by atoms with E-state index in [1.165, 1.54) is 25.7 Å². The SMILES string of the molecule is CC(C)n1ncc2cc(NC3CC4CCC3C4)cnc21. The molecule has 2 aliphatic carbocycles. The fourth-order valence-corrected chi connectivity index (χ4v) is 4.03. The predicted molar refractivity (Wildman–Crippen MR) is 80.8 cm³/mol. The minimum atomic E-state index is 0.351. The Balaban J connectivity index is 1.58. The molecule has 2 bridgehead atoms. The van der Waals surface area contributed by atoms with Crippen molar-refractivity contribution in [3.63, 3.8) is 0 Å². The summed E-state index contributed by atoms with van der Waals surface area (Å²) in [5, 5.41) is 9.27. The van der Waals surface area contributed by atoms with Crippen LogP contribution in [0, 0.1) is 11.8 Å². The molecule has 2 saturated carbocycles. The smallest absolute Gasteiger partial charge is 0.158 e. The van der Waals surface area contributed by atoms with E-state index in [4.69, 9.17) is 0 Å². The molecule has 0 saturated heterocycles. The number of hydrogen-bond donors (Lipinski definition) is 1. The molecule has 2 aromatic rings. The van der Waals surface area contributed by atoms with Crippen molar-refractivity contribution in [2.75, 3.05) is 5.32 Å². The van der Waals surface area contributed by atoms with Gasteiger partial charge in [-0.25, -0.2) is 9.67 Å². The average Bonchev–Trinajstić information content (AvgIpc) is 3.11. The molecule has 4 heteroatoms. The van der Waals surface area contributed by atoms with Gasteiger partial charge in [-0.3, -0.25) is 0 Å². The zero-order valence-corrected chi connectivity index (χ0v) is 12.2. The lowest BCUT2D eigenvalue weighted by Crippen LogP contribution is -2.25. The first-order chi connectivity index (χ1) is 9.70. The van der Waals surface area contributed by atoms with Crippen molar-refractivity contribution < 1.29 is 0 Å². The largest absolute Gasteiger partial charge is 0.381 e. The zero-order valence-electron chi connectivity index (χ0n) is 12.2. The summed E-state index contributed by atoms with van der Waals surface area (Å²) < 4.78 is 1.98. The summed E-state index contributed by atoms with van der Waals surface area (Å²) in [6.45, 7) is 4.27. The third kappa shape index (κ3) is 1.89. The Hall–Kier alpha value is -1.58. The summed E-state index contributed by atoms with van der Waals surface area (Å²) >= 11 is 0. The summed E-state index contributed by atoms with van der Waals surface area (Å²) in [6.07, 6.45) is 9.51. The molecule has 2 fully saturated rings. The number of pyridine rings is 1. The van der Waals surface area contributed by atoms with Crippen molar-refractivity contribution in [2.45, 2.75) is 51.6 Å². The lowest BCUT2D eigenvalue weighted by atomic mass is 9.95. The van der Waals surface area contributed by atoms with Gasteiger partial charge in [-0.1, -0.05) is 6.42 Å². The number of nitrogens with one attached hydrogen (secondary N) is 1. The summed E-state index contributed by atoms with van der Waals surface area (Å²) in [7, 11) is 0. The average molecular weight is 270 g/mol. The summed E-state index contributed by atoms with van der Waals surface area (Å²) in [4.78, 5) is 4.60. The second-order valence-electron chi connectivity index (χ2n) is 6.75. The Kier molecular flexibility index (Phi) is 2.72. The highest BCUT2D eigenvalue weighted by Gasteiger charge is 2.39. The van der Waals surface area contributed by atoms with Crippen molar-refractivity contribution >= 4 is 16.7 Å². The molecule has 3 atom stereocenters. The Bertz CT molecular complexity index is 630. The molecule has 20 heavy (non-hydrogen) atoms. The Morgan fingerprint density at radius 3 is 2.85 bits per heavy atom. The number of anilines is 1. The summed E-state index contributed by atoms with van der Waals surface area (Å²) in [5.74, 6) is 1.85. The molecular formula is C16H22N4. The van der Waals surface area contributed by atoms with Gasteiger partial charge in [-0.2, -0.15) is 5.10 Å². The second-order valence-corrected chi connectivity index (χ2v) is 6.75.